The number of carboxylic acids is 1. The Morgan fingerprint density at radius 1 is 0.755 bits per heavy atom. The number of anilines is 1. The summed E-state index contributed by atoms with van der Waals surface area (Å²) in [6.45, 7) is 8.35. The van der Waals surface area contributed by atoms with Crippen LogP contribution in [0.1, 0.15) is 17.3 Å². The fourth-order valence-electron chi connectivity index (χ4n) is 4.82. The van der Waals surface area contributed by atoms with Crippen LogP contribution in [0, 0.1) is 0 Å². The summed E-state index contributed by atoms with van der Waals surface area (Å²) in [6.07, 6.45) is 0. The Morgan fingerprint density at radius 2 is 1.35 bits per heavy atom. The molecule has 1 aliphatic carbocycles. The fourth-order valence-corrected chi connectivity index (χ4v) is 5.04. The van der Waals surface area contributed by atoms with Gasteiger partial charge in [0, 0.05) is 47.5 Å². The number of phenolic OH excluding ortho intramolecular Hbond substituents is 1. The highest BCUT2D eigenvalue weighted by Crippen LogP contribution is 2.42. The smallest absolute Gasteiger partial charge is 0.336 e. The van der Waals surface area contributed by atoms with E-state index >= 15 is 0 Å². The Hall–Kier alpha value is -4.15. The van der Waals surface area contributed by atoms with Crippen LogP contribution in [0.2, 0.25) is 0 Å². The van der Waals surface area contributed by atoms with Crippen molar-refractivity contribution in [2.45, 2.75) is 6.92 Å². The maximum absolute atomic E-state index is 12.4. The standard InChI is InChI=1S/C35H42N2O11S/c1-2-42-11-12-44-15-16-46-19-20-47-18-17-45-14-13-43-10-9-36-35(49)37-24-3-6-27(30(21-24)34(40)41)33-28-7-4-25(38)22-31(28)48-32-23-26(39)5-8-29(32)33/h3-8,21-23,38H,2,9-20H2,1H3,(H,40,41)(H2,36,37,49). The van der Waals surface area contributed by atoms with Gasteiger partial charge >= 0.3 is 5.97 Å². The highest BCUT2D eigenvalue weighted by Gasteiger charge is 2.22. The molecule has 4 rings (SSSR count). The molecule has 0 atom stereocenters. The van der Waals surface area contributed by atoms with Gasteiger partial charge in [0.1, 0.15) is 17.1 Å². The molecule has 0 fully saturated rings. The lowest BCUT2D eigenvalue weighted by atomic mass is 9.90. The molecule has 14 heteroatoms. The number of nitrogens with one attached hydrogen (secondary N) is 2. The van der Waals surface area contributed by atoms with E-state index in [1.165, 1.54) is 30.3 Å². The first-order chi connectivity index (χ1) is 23.9. The summed E-state index contributed by atoms with van der Waals surface area (Å²) in [5.74, 6) is -0.902. The van der Waals surface area contributed by atoms with Crippen molar-refractivity contribution < 1.29 is 47.8 Å². The Kier molecular flexibility index (Phi) is 15.7. The van der Waals surface area contributed by atoms with Gasteiger partial charge in [0.05, 0.1) is 78.2 Å². The number of thiocarbonyl (C=S) groups is 1. The molecule has 0 saturated heterocycles. The highest BCUT2D eigenvalue weighted by atomic mass is 32.1. The number of carboxylic acid groups (broad SMARTS) is 1. The van der Waals surface area contributed by atoms with E-state index in [-0.39, 0.29) is 22.5 Å². The highest BCUT2D eigenvalue weighted by molar-refractivity contribution is 7.80. The molecular formula is C35H42N2O11S. The van der Waals surface area contributed by atoms with Gasteiger partial charge in [-0.2, -0.15) is 0 Å². The maximum atomic E-state index is 12.4. The first kappa shape index (κ1) is 37.7. The van der Waals surface area contributed by atoms with Crippen LogP contribution in [0.15, 0.2) is 63.8 Å². The molecule has 264 valence electrons. The number of benzene rings is 3. The van der Waals surface area contributed by atoms with Crippen molar-refractivity contribution in [3.8, 4) is 28.2 Å². The summed E-state index contributed by atoms with van der Waals surface area (Å²) >= 11 is 5.39. The average Bonchev–Trinajstić information content (AvgIpc) is 3.08. The van der Waals surface area contributed by atoms with Crippen molar-refractivity contribution in [1.82, 2.24) is 5.32 Å². The third-order valence-corrected chi connectivity index (χ3v) is 7.30. The second-order valence-electron chi connectivity index (χ2n) is 10.5. The molecule has 0 amide bonds. The molecule has 2 aromatic carbocycles. The fraction of sp³-hybridized carbons (Fsp3) is 0.400. The lowest BCUT2D eigenvalue weighted by Crippen LogP contribution is -2.31. The Balaban J connectivity index is 1.16. The third-order valence-electron chi connectivity index (χ3n) is 7.05. The first-order valence-electron chi connectivity index (χ1n) is 16.0. The summed E-state index contributed by atoms with van der Waals surface area (Å²) < 4.78 is 38.4. The normalized spacial score (nSPS) is 11.3. The summed E-state index contributed by atoms with van der Waals surface area (Å²) in [7, 11) is 0. The summed E-state index contributed by atoms with van der Waals surface area (Å²) in [5.41, 5.74) is 2.06. The number of phenols is 1. The van der Waals surface area contributed by atoms with Gasteiger partial charge in [0.15, 0.2) is 10.5 Å². The zero-order valence-electron chi connectivity index (χ0n) is 27.4. The minimum Gasteiger partial charge on any atom is -0.508 e. The monoisotopic (exact) mass is 698 g/mol. The van der Waals surface area contributed by atoms with Crippen molar-refractivity contribution in [2.24, 2.45) is 0 Å². The Bertz CT molecular complexity index is 1680. The van der Waals surface area contributed by atoms with E-state index in [9.17, 15) is 19.8 Å². The van der Waals surface area contributed by atoms with Gasteiger partial charge in [-0.25, -0.2) is 4.79 Å². The Morgan fingerprint density at radius 3 is 1.96 bits per heavy atom. The molecule has 13 nitrogen and oxygen atoms in total. The van der Waals surface area contributed by atoms with Crippen LogP contribution in [0.4, 0.5) is 5.69 Å². The molecule has 4 N–H and O–H groups in total. The van der Waals surface area contributed by atoms with Gasteiger partial charge in [0.25, 0.3) is 0 Å². The number of aromatic hydroxyl groups is 1. The topological polar surface area (TPSA) is 167 Å². The summed E-state index contributed by atoms with van der Waals surface area (Å²) in [6, 6.07) is 13.8. The van der Waals surface area contributed by atoms with Crippen LogP contribution in [-0.2, 0) is 28.4 Å². The third kappa shape index (κ3) is 12.0. The Labute approximate surface area is 289 Å². The van der Waals surface area contributed by atoms with E-state index in [0.717, 1.165) is 0 Å². The molecule has 0 saturated carbocycles. The van der Waals surface area contributed by atoms with Gasteiger partial charge in [-0.15, -0.1) is 0 Å². The van der Waals surface area contributed by atoms with Crippen molar-refractivity contribution in [1.29, 1.82) is 0 Å². The van der Waals surface area contributed by atoms with E-state index in [1.807, 2.05) is 6.92 Å². The number of aromatic carboxylic acids is 1. The molecule has 0 radical (unpaired) electrons. The largest absolute Gasteiger partial charge is 0.508 e. The van der Waals surface area contributed by atoms with Crippen LogP contribution in [0.5, 0.6) is 5.75 Å². The number of hydrogen-bond acceptors (Lipinski definition) is 11. The number of ether oxygens (including phenoxy) is 6. The van der Waals surface area contributed by atoms with Crippen LogP contribution in [0.25, 0.3) is 33.4 Å². The van der Waals surface area contributed by atoms with Crippen LogP contribution in [0.3, 0.4) is 0 Å². The lowest BCUT2D eigenvalue weighted by Gasteiger charge is -2.18. The zero-order chi connectivity index (χ0) is 34.8. The zero-order valence-corrected chi connectivity index (χ0v) is 28.2. The number of carbonyl (C=O) groups is 1. The van der Waals surface area contributed by atoms with Crippen molar-refractivity contribution in [3.63, 3.8) is 0 Å². The molecule has 1 aliphatic heterocycles. The van der Waals surface area contributed by atoms with Gasteiger partial charge in [0.2, 0.25) is 0 Å². The van der Waals surface area contributed by atoms with E-state index in [4.69, 9.17) is 45.1 Å². The van der Waals surface area contributed by atoms with E-state index in [1.54, 1.807) is 24.3 Å². The first-order valence-corrected chi connectivity index (χ1v) is 16.4. The molecule has 2 aromatic rings. The van der Waals surface area contributed by atoms with Crippen LogP contribution in [-0.4, -0.2) is 107 Å². The molecule has 0 spiro atoms. The van der Waals surface area contributed by atoms with E-state index in [0.29, 0.717) is 124 Å². The minimum atomic E-state index is -1.15. The molecule has 49 heavy (non-hydrogen) atoms. The minimum absolute atomic E-state index is 0.0118. The molecular weight excluding hydrogens is 656 g/mol. The predicted molar refractivity (Wildman–Crippen MR) is 188 cm³/mol. The number of fused-ring (bicyclic) bond motifs is 2. The second kappa shape index (κ2) is 20.4. The van der Waals surface area contributed by atoms with Gasteiger partial charge < -0.3 is 53.7 Å². The number of hydrogen-bond donors (Lipinski definition) is 4. The van der Waals surface area contributed by atoms with Gasteiger partial charge in [-0.05, 0) is 61.1 Å². The molecule has 1 heterocycles. The van der Waals surface area contributed by atoms with Gasteiger partial charge in [-0.3, -0.25) is 4.79 Å². The van der Waals surface area contributed by atoms with Crippen molar-refractivity contribution in [2.75, 3.05) is 91.1 Å². The predicted octanol–water partition coefficient (Wildman–Crippen LogP) is 4.37. The summed E-state index contributed by atoms with van der Waals surface area (Å²) in [4.78, 5) is 24.5. The van der Waals surface area contributed by atoms with Crippen molar-refractivity contribution in [3.05, 3.63) is 70.4 Å². The van der Waals surface area contributed by atoms with Gasteiger partial charge in [-0.1, -0.05) is 6.07 Å². The molecule has 0 aromatic heterocycles. The molecule has 0 bridgehead atoms. The second-order valence-corrected chi connectivity index (χ2v) is 10.9. The van der Waals surface area contributed by atoms with Crippen LogP contribution >= 0.6 is 12.2 Å². The SMILES string of the molecule is CCOCCOCCOCCOCCOCCOCCNC(=S)Nc1ccc(-c2c3ccc(=O)cc-3oc3cc(O)ccc23)c(C(=O)O)c1. The van der Waals surface area contributed by atoms with Crippen LogP contribution < -0.4 is 16.1 Å². The lowest BCUT2D eigenvalue weighted by molar-refractivity contribution is -0.0159. The maximum Gasteiger partial charge on any atom is 0.336 e. The van der Waals surface area contributed by atoms with Crippen molar-refractivity contribution >= 4 is 40.0 Å². The molecule has 2 aliphatic rings. The van der Waals surface area contributed by atoms with E-state index < -0.39 is 5.97 Å². The van der Waals surface area contributed by atoms with E-state index in [2.05, 4.69) is 10.6 Å². The quantitative estimate of drug-likeness (QED) is 0.0519. The number of rotatable bonds is 22. The average molecular weight is 699 g/mol. The molecule has 0 unspecified atom stereocenters. The summed E-state index contributed by atoms with van der Waals surface area (Å²) in [5, 5.41) is 27.1.